The Morgan fingerprint density at radius 2 is 1.93 bits per heavy atom. The first-order valence-corrected chi connectivity index (χ1v) is 4.50. The number of rotatable bonds is 4. The van der Waals surface area contributed by atoms with Crippen LogP contribution in [0.5, 0.6) is 5.75 Å². The van der Waals surface area contributed by atoms with Gasteiger partial charge in [0.15, 0.2) is 0 Å². The fraction of sp³-hybridized carbons (Fsp3) is 0.333. The fourth-order valence-corrected chi connectivity index (χ4v) is 1.04. The summed E-state index contributed by atoms with van der Waals surface area (Å²) in [6.45, 7) is -6.09. The van der Waals surface area contributed by atoms with E-state index in [1.807, 2.05) is 14.1 Å². The quantitative estimate of drug-likeness (QED) is 0.720. The van der Waals surface area contributed by atoms with E-state index >= 15 is 0 Å². The van der Waals surface area contributed by atoms with Gasteiger partial charge in [-0.25, -0.2) is 0 Å². The summed E-state index contributed by atoms with van der Waals surface area (Å²) >= 11 is 0. The number of hydrogen-bond donors (Lipinski definition) is 0. The largest absolute Gasteiger partial charge is 0.522 e. The molecule has 1 aromatic rings. The molecule has 0 aliphatic rings. The van der Waals surface area contributed by atoms with Crippen molar-refractivity contribution in [1.82, 2.24) is 0 Å². The van der Waals surface area contributed by atoms with Gasteiger partial charge in [0, 0.05) is 25.8 Å². The maximum absolute atomic E-state index is 11.9. The zero-order chi connectivity index (χ0) is 11.5. The predicted molar refractivity (Wildman–Crippen MR) is 55.3 cm³/mol. The lowest BCUT2D eigenvalue weighted by atomic mass is 9.95. The highest BCUT2D eigenvalue weighted by atomic mass is 19.4. The molecule has 6 heteroatoms. The zero-order valence-corrected chi connectivity index (χ0v) is 8.58. The highest BCUT2D eigenvalue weighted by Gasteiger charge is 2.24. The zero-order valence-electron chi connectivity index (χ0n) is 8.58. The normalized spacial score (nSPS) is 11.3. The standard InChI is InChI=1S/C9H12BF3NO/c1-14(2)8-4-3-5-9(6-8)15-7-10(11,12)13/h3-6H,7H2,1-2H3/q-1. The topological polar surface area (TPSA) is 12.5 Å². The van der Waals surface area contributed by atoms with Gasteiger partial charge in [-0.2, -0.15) is 0 Å². The Hall–Kier alpha value is -1.33. The Morgan fingerprint density at radius 3 is 2.47 bits per heavy atom. The first-order chi connectivity index (χ1) is 6.88. The lowest BCUT2D eigenvalue weighted by Gasteiger charge is -2.17. The van der Waals surface area contributed by atoms with Crippen LogP contribution in [0.3, 0.4) is 0 Å². The second kappa shape index (κ2) is 4.46. The van der Waals surface area contributed by atoms with E-state index in [0.717, 1.165) is 5.69 Å². The van der Waals surface area contributed by atoms with E-state index in [9.17, 15) is 12.9 Å². The van der Waals surface area contributed by atoms with E-state index in [1.54, 1.807) is 23.1 Å². The summed E-state index contributed by atoms with van der Waals surface area (Å²) in [6, 6.07) is 6.54. The lowest BCUT2D eigenvalue weighted by Crippen LogP contribution is -2.26. The molecule has 0 aromatic heterocycles. The van der Waals surface area contributed by atoms with Gasteiger partial charge < -0.3 is 22.6 Å². The van der Waals surface area contributed by atoms with E-state index in [-0.39, 0.29) is 5.75 Å². The molecule has 0 amide bonds. The summed E-state index contributed by atoms with van der Waals surface area (Å²) in [5.41, 5.74) is 0.808. The van der Waals surface area contributed by atoms with Crippen molar-refractivity contribution in [1.29, 1.82) is 0 Å². The van der Waals surface area contributed by atoms with Crippen LogP contribution in [0.15, 0.2) is 24.3 Å². The van der Waals surface area contributed by atoms with Crippen molar-refractivity contribution in [3.63, 3.8) is 0 Å². The molecule has 1 aromatic carbocycles. The third-order valence-corrected chi connectivity index (χ3v) is 1.77. The molecule has 0 atom stereocenters. The SMILES string of the molecule is CN(C)c1cccc(OC[B-](F)(F)F)c1. The minimum absolute atomic E-state index is 0.236. The van der Waals surface area contributed by atoms with Crippen LogP contribution in [-0.4, -0.2) is 27.6 Å². The Balaban J connectivity index is 2.66. The van der Waals surface area contributed by atoms with Crippen LogP contribution in [-0.2, 0) is 0 Å². The van der Waals surface area contributed by atoms with Gasteiger partial charge in [-0.15, -0.1) is 0 Å². The van der Waals surface area contributed by atoms with Crippen LogP contribution in [0.1, 0.15) is 0 Å². The Bertz CT molecular complexity index is 327. The fourth-order valence-electron chi connectivity index (χ4n) is 1.04. The van der Waals surface area contributed by atoms with Crippen molar-refractivity contribution in [2.24, 2.45) is 0 Å². The first kappa shape index (κ1) is 11.7. The number of benzene rings is 1. The van der Waals surface area contributed by atoms with Gasteiger partial charge in [0.05, 0.1) is 6.51 Å². The van der Waals surface area contributed by atoms with E-state index < -0.39 is 13.5 Å². The summed E-state index contributed by atoms with van der Waals surface area (Å²) in [5.74, 6) is 0.236. The van der Waals surface area contributed by atoms with Crippen molar-refractivity contribution in [3.05, 3.63) is 24.3 Å². The molecular weight excluding hydrogens is 206 g/mol. The molecule has 0 saturated heterocycles. The van der Waals surface area contributed by atoms with Crippen molar-refractivity contribution in [3.8, 4) is 5.75 Å². The van der Waals surface area contributed by atoms with Crippen LogP contribution in [0.25, 0.3) is 0 Å². The first-order valence-electron chi connectivity index (χ1n) is 4.50. The minimum Gasteiger partial charge on any atom is -0.522 e. The third-order valence-electron chi connectivity index (χ3n) is 1.77. The van der Waals surface area contributed by atoms with Gasteiger partial charge in [0.25, 0.3) is 0 Å². The van der Waals surface area contributed by atoms with Crippen molar-refractivity contribution < 1.29 is 17.7 Å². The maximum Gasteiger partial charge on any atom is 0.515 e. The Kier molecular flexibility index (Phi) is 3.50. The van der Waals surface area contributed by atoms with Crippen molar-refractivity contribution in [2.75, 3.05) is 25.5 Å². The second-order valence-corrected chi connectivity index (χ2v) is 3.41. The number of halogens is 3. The molecule has 0 N–H and O–H groups in total. The number of nitrogens with zero attached hydrogens (tertiary/aromatic N) is 1. The average molecular weight is 218 g/mol. The molecule has 0 bridgehead atoms. The predicted octanol–water partition coefficient (Wildman–Crippen LogP) is 2.52. The van der Waals surface area contributed by atoms with Gasteiger partial charge in [-0.3, -0.25) is 0 Å². The molecule has 0 fully saturated rings. The van der Waals surface area contributed by atoms with Crippen molar-refractivity contribution in [2.45, 2.75) is 0 Å². The van der Waals surface area contributed by atoms with Gasteiger partial charge in [-0.1, -0.05) is 6.07 Å². The third kappa shape index (κ3) is 4.14. The van der Waals surface area contributed by atoms with Crippen LogP contribution < -0.4 is 9.64 Å². The van der Waals surface area contributed by atoms with E-state index in [0.29, 0.717) is 0 Å². The molecule has 84 valence electrons. The second-order valence-electron chi connectivity index (χ2n) is 3.41. The molecule has 15 heavy (non-hydrogen) atoms. The van der Waals surface area contributed by atoms with Crippen LogP contribution in [0.4, 0.5) is 18.6 Å². The minimum atomic E-state index is -4.89. The summed E-state index contributed by atoms with van der Waals surface area (Å²) in [5, 5.41) is 0. The molecule has 0 aliphatic carbocycles. The number of hydrogen-bond acceptors (Lipinski definition) is 2. The number of ether oxygens (including phenoxy) is 1. The Morgan fingerprint density at radius 1 is 1.27 bits per heavy atom. The molecular formula is C9H12BF3NO-. The summed E-state index contributed by atoms with van der Waals surface area (Å²) in [6.07, 6.45) is 0. The summed E-state index contributed by atoms with van der Waals surface area (Å²) in [4.78, 5) is 1.80. The maximum atomic E-state index is 11.9. The number of anilines is 1. The van der Waals surface area contributed by atoms with Crippen LogP contribution >= 0.6 is 0 Å². The Labute approximate surface area is 86.7 Å². The van der Waals surface area contributed by atoms with Crippen LogP contribution in [0, 0.1) is 0 Å². The smallest absolute Gasteiger partial charge is 0.515 e. The lowest BCUT2D eigenvalue weighted by molar-refractivity contribution is 0.313. The van der Waals surface area contributed by atoms with E-state index in [2.05, 4.69) is 4.74 Å². The van der Waals surface area contributed by atoms with E-state index in [1.165, 1.54) is 6.07 Å². The summed E-state index contributed by atoms with van der Waals surface area (Å²) < 4.78 is 40.4. The average Bonchev–Trinajstić information content (AvgIpc) is 2.14. The molecule has 1 rings (SSSR count). The summed E-state index contributed by atoms with van der Waals surface area (Å²) in [7, 11) is 3.62. The van der Waals surface area contributed by atoms with Gasteiger partial charge in [0.2, 0.25) is 0 Å². The molecule has 0 heterocycles. The highest BCUT2D eigenvalue weighted by molar-refractivity contribution is 6.58. The molecule has 2 nitrogen and oxygen atoms in total. The van der Waals surface area contributed by atoms with Gasteiger partial charge in [0.1, 0.15) is 5.75 Å². The molecule has 0 spiro atoms. The molecule has 0 unspecified atom stereocenters. The van der Waals surface area contributed by atoms with Gasteiger partial charge in [-0.05, 0) is 12.1 Å². The van der Waals surface area contributed by atoms with E-state index in [4.69, 9.17) is 0 Å². The molecule has 0 saturated carbocycles. The van der Waals surface area contributed by atoms with Crippen molar-refractivity contribution >= 4 is 12.7 Å². The monoisotopic (exact) mass is 218 g/mol. The van der Waals surface area contributed by atoms with Gasteiger partial charge >= 0.3 is 6.98 Å². The molecule has 0 aliphatic heterocycles. The molecule has 0 radical (unpaired) electrons. The van der Waals surface area contributed by atoms with Crippen LogP contribution in [0.2, 0.25) is 0 Å². The highest BCUT2D eigenvalue weighted by Crippen LogP contribution is 2.20.